The van der Waals surface area contributed by atoms with Crippen molar-refractivity contribution in [3.8, 4) is 22.6 Å². The van der Waals surface area contributed by atoms with E-state index < -0.39 is 0 Å². The summed E-state index contributed by atoms with van der Waals surface area (Å²) in [5.74, 6) is 0.636. The van der Waals surface area contributed by atoms with Gasteiger partial charge in [-0.05, 0) is 31.5 Å². The molecule has 0 radical (unpaired) electrons. The Hall–Kier alpha value is -4.31. The number of aryl methyl sites for hydroxylation is 2. The number of benzene rings is 1. The molecule has 0 aliphatic rings. The van der Waals surface area contributed by atoms with Crippen LogP contribution >= 0.6 is 11.3 Å². The van der Waals surface area contributed by atoms with E-state index in [4.69, 9.17) is 10.7 Å². The Bertz CT molecular complexity index is 1590. The SMILES string of the molecule is CCn1c(N)c(-c2ncc[nH]2)c(=O)c2ccc(-c3ccc(CC(=O)Nc4ncc(C)s4)cc3)nc21. The molecule has 0 fully saturated rings. The maximum Gasteiger partial charge on any atom is 0.230 e. The number of nitrogens with one attached hydrogen (secondary N) is 2. The molecule has 5 rings (SSSR count). The molecule has 5 aromatic rings. The third-order valence-corrected chi connectivity index (χ3v) is 6.51. The first-order valence-corrected chi connectivity index (χ1v) is 11.9. The number of hydrogen-bond donors (Lipinski definition) is 3. The molecule has 4 N–H and O–H groups in total. The minimum Gasteiger partial charge on any atom is -0.384 e. The highest BCUT2D eigenvalue weighted by Crippen LogP contribution is 2.26. The van der Waals surface area contributed by atoms with E-state index in [-0.39, 0.29) is 17.8 Å². The van der Waals surface area contributed by atoms with E-state index in [9.17, 15) is 9.59 Å². The van der Waals surface area contributed by atoms with Crippen LogP contribution in [0.15, 0.2) is 59.8 Å². The molecule has 0 bridgehead atoms. The zero-order valence-corrected chi connectivity index (χ0v) is 20.0. The molecular formula is C25H23N7O2S. The lowest BCUT2D eigenvalue weighted by Crippen LogP contribution is -2.18. The summed E-state index contributed by atoms with van der Waals surface area (Å²) >= 11 is 1.44. The minimum atomic E-state index is -0.215. The molecule has 1 aromatic carbocycles. The topological polar surface area (TPSA) is 132 Å². The lowest BCUT2D eigenvalue weighted by Gasteiger charge is -2.15. The van der Waals surface area contributed by atoms with Gasteiger partial charge in [0.2, 0.25) is 11.3 Å². The summed E-state index contributed by atoms with van der Waals surface area (Å²) in [5, 5.41) is 3.89. The third-order valence-electron chi connectivity index (χ3n) is 5.68. The van der Waals surface area contributed by atoms with Crippen molar-refractivity contribution < 1.29 is 4.79 Å². The summed E-state index contributed by atoms with van der Waals surface area (Å²) in [6.07, 6.45) is 5.22. The zero-order chi connectivity index (χ0) is 24.5. The first kappa shape index (κ1) is 22.5. The van der Waals surface area contributed by atoms with Gasteiger partial charge in [0.05, 0.1) is 17.5 Å². The maximum absolute atomic E-state index is 13.2. The largest absolute Gasteiger partial charge is 0.384 e. The fraction of sp³-hybridized carbons (Fsp3) is 0.160. The second-order valence-electron chi connectivity index (χ2n) is 8.04. The Labute approximate surface area is 204 Å². The Morgan fingerprint density at radius 1 is 1.17 bits per heavy atom. The number of nitrogens with two attached hydrogens (primary N) is 1. The quantitative estimate of drug-likeness (QED) is 0.333. The number of aromatic amines is 1. The molecule has 1 amide bonds. The maximum atomic E-state index is 13.2. The van der Waals surface area contributed by atoms with E-state index in [1.54, 1.807) is 24.7 Å². The molecule has 0 aliphatic carbocycles. The minimum absolute atomic E-state index is 0.120. The molecule has 35 heavy (non-hydrogen) atoms. The van der Waals surface area contributed by atoms with Gasteiger partial charge in [-0.15, -0.1) is 11.3 Å². The van der Waals surface area contributed by atoms with Crippen molar-refractivity contribution in [3.05, 3.63) is 75.7 Å². The summed E-state index contributed by atoms with van der Waals surface area (Å²) in [6, 6.07) is 11.2. The number of aromatic nitrogens is 5. The highest BCUT2D eigenvalue weighted by atomic mass is 32.1. The second kappa shape index (κ2) is 9.15. The van der Waals surface area contributed by atoms with Gasteiger partial charge < -0.3 is 20.6 Å². The summed E-state index contributed by atoms with van der Waals surface area (Å²) in [6.45, 7) is 4.44. The number of anilines is 2. The van der Waals surface area contributed by atoms with Gasteiger partial charge in [-0.3, -0.25) is 9.59 Å². The lowest BCUT2D eigenvalue weighted by molar-refractivity contribution is -0.115. The van der Waals surface area contributed by atoms with E-state index in [1.807, 2.05) is 48.7 Å². The van der Waals surface area contributed by atoms with Gasteiger partial charge in [0, 0.05) is 35.6 Å². The van der Waals surface area contributed by atoms with Gasteiger partial charge in [0.15, 0.2) is 5.13 Å². The second-order valence-corrected chi connectivity index (χ2v) is 9.27. The van der Waals surface area contributed by atoms with Gasteiger partial charge in [0.25, 0.3) is 0 Å². The number of pyridine rings is 2. The molecule has 9 nitrogen and oxygen atoms in total. The van der Waals surface area contributed by atoms with E-state index in [1.165, 1.54) is 11.3 Å². The molecule has 176 valence electrons. The van der Waals surface area contributed by atoms with E-state index >= 15 is 0 Å². The molecule has 0 atom stereocenters. The molecule has 0 saturated heterocycles. The molecule has 0 aliphatic heterocycles. The zero-order valence-electron chi connectivity index (χ0n) is 19.2. The number of imidazole rings is 1. The monoisotopic (exact) mass is 485 g/mol. The van der Waals surface area contributed by atoms with Crippen LogP contribution in [-0.2, 0) is 17.8 Å². The highest BCUT2D eigenvalue weighted by molar-refractivity contribution is 7.15. The first-order valence-electron chi connectivity index (χ1n) is 11.1. The van der Waals surface area contributed by atoms with Crippen molar-refractivity contribution >= 4 is 39.2 Å². The van der Waals surface area contributed by atoms with E-state index in [0.29, 0.717) is 45.6 Å². The normalized spacial score (nSPS) is 11.1. The van der Waals surface area contributed by atoms with Crippen molar-refractivity contribution in [3.63, 3.8) is 0 Å². The highest BCUT2D eigenvalue weighted by Gasteiger charge is 2.19. The van der Waals surface area contributed by atoms with Crippen molar-refractivity contribution in [1.82, 2.24) is 24.5 Å². The van der Waals surface area contributed by atoms with Crippen LogP contribution in [0.5, 0.6) is 0 Å². The van der Waals surface area contributed by atoms with Crippen LogP contribution in [0.1, 0.15) is 17.4 Å². The number of fused-ring (bicyclic) bond motifs is 1. The number of rotatable bonds is 6. The van der Waals surface area contributed by atoms with Crippen LogP contribution in [0.3, 0.4) is 0 Å². The summed E-state index contributed by atoms with van der Waals surface area (Å²) in [5.41, 5.74) is 9.48. The van der Waals surface area contributed by atoms with Crippen LogP contribution in [0.25, 0.3) is 33.7 Å². The average molecular weight is 486 g/mol. The Morgan fingerprint density at radius 3 is 2.63 bits per heavy atom. The van der Waals surface area contributed by atoms with Crippen LogP contribution < -0.4 is 16.5 Å². The average Bonchev–Trinajstić information content (AvgIpc) is 3.51. The molecular weight excluding hydrogens is 462 g/mol. The van der Waals surface area contributed by atoms with E-state index in [0.717, 1.165) is 16.0 Å². The van der Waals surface area contributed by atoms with Crippen LogP contribution in [0.2, 0.25) is 0 Å². The van der Waals surface area contributed by atoms with Crippen molar-refractivity contribution in [2.24, 2.45) is 0 Å². The number of nitrogen functional groups attached to an aromatic ring is 1. The predicted octanol–water partition coefficient (Wildman–Crippen LogP) is 4.00. The fourth-order valence-corrected chi connectivity index (χ4v) is 4.68. The van der Waals surface area contributed by atoms with E-state index in [2.05, 4.69) is 20.3 Å². The molecule has 0 spiro atoms. The van der Waals surface area contributed by atoms with Crippen molar-refractivity contribution in [2.75, 3.05) is 11.1 Å². The van der Waals surface area contributed by atoms with Gasteiger partial charge in [-0.2, -0.15) is 0 Å². The number of H-pyrrole nitrogens is 1. The predicted molar refractivity (Wildman–Crippen MR) is 138 cm³/mol. The number of carbonyl (C=O) groups excluding carboxylic acids is 1. The number of hydrogen-bond acceptors (Lipinski definition) is 7. The van der Waals surface area contributed by atoms with Crippen LogP contribution in [0, 0.1) is 6.92 Å². The van der Waals surface area contributed by atoms with Crippen LogP contribution in [-0.4, -0.2) is 30.4 Å². The number of thiazole rings is 1. The van der Waals surface area contributed by atoms with Gasteiger partial charge in [-0.1, -0.05) is 24.3 Å². The lowest BCUT2D eigenvalue weighted by atomic mass is 10.1. The Kier molecular flexibility index (Phi) is 5.87. The van der Waals surface area contributed by atoms with Gasteiger partial charge in [-0.25, -0.2) is 15.0 Å². The molecule has 0 saturated carbocycles. The Balaban J connectivity index is 1.44. The summed E-state index contributed by atoms with van der Waals surface area (Å²) in [7, 11) is 0. The molecule has 4 heterocycles. The van der Waals surface area contributed by atoms with Gasteiger partial charge >= 0.3 is 0 Å². The van der Waals surface area contributed by atoms with Crippen molar-refractivity contribution in [2.45, 2.75) is 26.8 Å². The first-order chi connectivity index (χ1) is 16.9. The number of nitrogens with zero attached hydrogens (tertiary/aromatic N) is 4. The molecule has 10 heteroatoms. The summed E-state index contributed by atoms with van der Waals surface area (Å²) in [4.78, 5) is 42.7. The fourth-order valence-electron chi connectivity index (χ4n) is 4.00. The van der Waals surface area contributed by atoms with Crippen LogP contribution in [0.4, 0.5) is 10.9 Å². The molecule has 0 unspecified atom stereocenters. The Morgan fingerprint density at radius 2 is 1.97 bits per heavy atom. The van der Waals surface area contributed by atoms with Crippen molar-refractivity contribution in [1.29, 1.82) is 0 Å². The smallest absolute Gasteiger partial charge is 0.230 e. The number of carbonyl (C=O) groups is 1. The standard InChI is InChI=1S/C25H23N7O2S/c1-3-32-22(26)20(23-27-10-11-28-23)21(34)17-8-9-18(30-24(17)32)16-6-4-15(5-7-16)12-19(33)31-25-29-13-14(2)35-25/h4-11,13H,3,12,26H2,1-2H3,(H,27,28)(H,29,31,33). The van der Waals surface area contributed by atoms with Gasteiger partial charge in [0.1, 0.15) is 22.9 Å². The third kappa shape index (κ3) is 4.31. The molecule has 4 aromatic heterocycles. The number of amides is 1. The summed E-state index contributed by atoms with van der Waals surface area (Å²) < 4.78 is 1.82.